The van der Waals surface area contributed by atoms with Crippen molar-refractivity contribution in [2.24, 2.45) is 0 Å². The summed E-state index contributed by atoms with van der Waals surface area (Å²) >= 11 is 18.5. The van der Waals surface area contributed by atoms with E-state index in [9.17, 15) is 0 Å². The zero-order chi connectivity index (χ0) is 13.3. The van der Waals surface area contributed by atoms with Crippen LogP contribution in [-0.4, -0.2) is 17.1 Å². The molecule has 94 valence electrons. The lowest BCUT2D eigenvalue weighted by molar-refractivity contribution is 0.412. The first-order valence-electron chi connectivity index (χ1n) is 4.75. The van der Waals surface area contributed by atoms with Crippen LogP contribution < -0.4 is 4.74 Å². The van der Waals surface area contributed by atoms with E-state index in [4.69, 9.17) is 27.9 Å². The molecule has 0 N–H and O–H groups in total. The van der Waals surface area contributed by atoms with Gasteiger partial charge in [-0.3, -0.25) is 0 Å². The fourth-order valence-corrected chi connectivity index (χ4v) is 2.43. The van der Waals surface area contributed by atoms with Gasteiger partial charge in [0.1, 0.15) is 16.1 Å². The molecular weight excluding hydrogens is 407 g/mol. The summed E-state index contributed by atoms with van der Waals surface area (Å²) in [7, 11) is 1.60. The SMILES string of the molecule is COc1ccc(-c2nc(Cl)c(Br)c(Cl)n2)cc1Br. The third-order valence-corrected chi connectivity index (χ3v) is 4.55. The predicted molar refractivity (Wildman–Crippen MR) is 79.4 cm³/mol. The van der Waals surface area contributed by atoms with E-state index in [2.05, 4.69) is 41.8 Å². The van der Waals surface area contributed by atoms with Gasteiger partial charge >= 0.3 is 0 Å². The molecular formula is C11H6Br2Cl2N2O. The first kappa shape index (κ1) is 14.1. The minimum absolute atomic E-state index is 0.275. The topological polar surface area (TPSA) is 35.0 Å². The Labute approximate surface area is 131 Å². The zero-order valence-corrected chi connectivity index (χ0v) is 13.7. The van der Waals surface area contributed by atoms with Crippen LogP contribution in [-0.2, 0) is 0 Å². The number of aromatic nitrogens is 2. The van der Waals surface area contributed by atoms with Gasteiger partial charge in [0.15, 0.2) is 5.82 Å². The van der Waals surface area contributed by atoms with Crippen molar-refractivity contribution < 1.29 is 4.74 Å². The van der Waals surface area contributed by atoms with Gasteiger partial charge in [0.05, 0.1) is 16.1 Å². The highest BCUT2D eigenvalue weighted by Crippen LogP contribution is 2.33. The minimum atomic E-state index is 0.275. The Kier molecular flexibility index (Phi) is 4.48. The van der Waals surface area contributed by atoms with Crippen LogP contribution in [0.5, 0.6) is 5.75 Å². The number of hydrogen-bond donors (Lipinski definition) is 0. The molecule has 0 saturated carbocycles. The highest BCUT2D eigenvalue weighted by molar-refractivity contribution is 9.11. The van der Waals surface area contributed by atoms with Gasteiger partial charge in [0.2, 0.25) is 0 Å². The van der Waals surface area contributed by atoms with Crippen LogP contribution in [0, 0.1) is 0 Å². The molecule has 0 spiro atoms. The van der Waals surface area contributed by atoms with Gasteiger partial charge in [-0.05, 0) is 50.1 Å². The number of benzene rings is 1. The number of nitrogens with zero attached hydrogens (tertiary/aromatic N) is 2. The van der Waals surface area contributed by atoms with E-state index in [0.717, 1.165) is 15.8 Å². The fourth-order valence-electron chi connectivity index (χ4n) is 1.33. The van der Waals surface area contributed by atoms with Crippen LogP contribution in [0.15, 0.2) is 27.1 Å². The summed E-state index contributed by atoms with van der Waals surface area (Å²) in [6.07, 6.45) is 0. The van der Waals surface area contributed by atoms with Crippen LogP contribution in [0.3, 0.4) is 0 Å². The van der Waals surface area contributed by atoms with Gasteiger partial charge in [-0.2, -0.15) is 0 Å². The highest BCUT2D eigenvalue weighted by atomic mass is 79.9. The Morgan fingerprint density at radius 3 is 2.22 bits per heavy atom. The second-order valence-electron chi connectivity index (χ2n) is 3.29. The molecule has 7 heteroatoms. The van der Waals surface area contributed by atoms with Crippen molar-refractivity contribution in [2.45, 2.75) is 0 Å². The Morgan fingerprint density at radius 1 is 1.11 bits per heavy atom. The molecule has 18 heavy (non-hydrogen) atoms. The summed E-state index contributed by atoms with van der Waals surface area (Å²) in [5.41, 5.74) is 0.791. The molecule has 0 atom stereocenters. The lowest BCUT2D eigenvalue weighted by atomic mass is 10.2. The number of hydrogen-bond acceptors (Lipinski definition) is 3. The second-order valence-corrected chi connectivity index (χ2v) is 5.66. The molecule has 0 radical (unpaired) electrons. The lowest BCUT2D eigenvalue weighted by Crippen LogP contribution is -1.93. The average molecular weight is 413 g/mol. The van der Waals surface area contributed by atoms with Gasteiger partial charge in [0, 0.05) is 5.56 Å². The number of ether oxygens (including phenoxy) is 1. The molecule has 2 rings (SSSR count). The summed E-state index contributed by atoms with van der Waals surface area (Å²) in [5, 5.41) is 0.550. The highest BCUT2D eigenvalue weighted by Gasteiger charge is 2.11. The standard InChI is InChI=1S/C11H6Br2Cl2N2O/c1-18-7-3-2-5(4-6(7)12)11-16-9(14)8(13)10(15)17-11/h2-4H,1H3. The summed E-state index contributed by atoms with van der Waals surface area (Å²) in [6.45, 7) is 0. The summed E-state index contributed by atoms with van der Waals surface area (Å²) in [4.78, 5) is 8.32. The summed E-state index contributed by atoms with van der Waals surface area (Å²) in [6, 6.07) is 5.49. The van der Waals surface area contributed by atoms with Crippen molar-refractivity contribution in [2.75, 3.05) is 7.11 Å². The lowest BCUT2D eigenvalue weighted by Gasteiger charge is -2.07. The van der Waals surface area contributed by atoms with Crippen molar-refractivity contribution in [3.05, 3.63) is 37.5 Å². The van der Waals surface area contributed by atoms with Crippen molar-refractivity contribution >= 4 is 55.1 Å². The van der Waals surface area contributed by atoms with Crippen LogP contribution in [0.2, 0.25) is 10.3 Å². The van der Waals surface area contributed by atoms with E-state index < -0.39 is 0 Å². The molecule has 1 aromatic heterocycles. The van der Waals surface area contributed by atoms with Crippen LogP contribution >= 0.6 is 55.1 Å². The molecule has 0 aliphatic heterocycles. The molecule has 0 aliphatic rings. The normalized spacial score (nSPS) is 10.5. The minimum Gasteiger partial charge on any atom is -0.496 e. The zero-order valence-electron chi connectivity index (χ0n) is 9.05. The molecule has 0 aliphatic carbocycles. The first-order chi connectivity index (χ1) is 8.52. The molecule has 1 heterocycles. The van der Waals surface area contributed by atoms with Crippen LogP contribution in [0.25, 0.3) is 11.4 Å². The van der Waals surface area contributed by atoms with Gasteiger partial charge in [-0.25, -0.2) is 9.97 Å². The maximum Gasteiger partial charge on any atom is 0.162 e. The largest absolute Gasteiger partial charge is 0.496 e. The monoisotopic (exact) mass is 410 g/mol. The third-order valence-electron chi connectivity index (χ3n) is 2.18. The molecule has 0 saturated heterocycles. The Balaban J connectivity index is 2.52. The van der Waals surface area contributed by atoms with E-state index >= 15 is 0 Å². The maximum atomic E-state index is 5.95. The molecule has 2 aromatic rings. The van der Waals surface area contributed by atoms with Gasteiger partial charge in [0.25, 0.3) is 0 Å². The van der Waals surface area contributed by atoms with Crippen molar-refractivity contribution in [3.63, 3.8) is 0 Å². The second kappa shape index (κ2) is 5.74. The van der Waals surface area contributed by atoms with E-state index in [1.165, 1.54) is 0 Å². The number of methoxy groups -OCH3 is 1. The fraction of sp³-hybridized carbons (Fsp3) is 0.0909. The van der Waals surface area contributed by atoms with E-state index in [0.29, 0.717) is 10.3 Å². The molecule has 1 aromatic carbocycles. The summed E-state index contributed by atoms with van der Waals surface area (Å²) in [5.74, 6) is 1.18. The van der Waals surface area contributed by atoms with Crippen molar-refractivity contribution in [1.29, 1.82) is 0 Å². The first-order valence-corrected chi connectivity index (χ1v) is 7.09. The van der Waals surface area contributed by atoms with Crippen LogP contribution in [0.4, 0.5) is 0 Å². The predicted octanol–water partition coefficient (Wildman–Crippen LogP) is 4.98. The van der Waals surface area contributed by atoms with Gasteiger partial charge in [-0.15, -0.1) is 0 Å². The van der Waals surface area contributed by atoms with E-state index in [-0.39, 0.29) is 10.3 Å². The molecule has 3 nitrogen and oxygen atoms in total. The van der Waals surface area contributed by atoms with E-state index in [1.807, 2.05) is 18.2 Å². The third kappa shape index (κ3) is 2.79. The smallest absolute Gasteiger partial charge is 0.162 e. The number of halogens is 4. The average Bonchev–Trinajstić information content (AvgIpc) is 2.35. The quantitative estimate of drug-likeness (QED) is 0.652. The molecule has 0 fully saturated rings. The van der Waals surface area contributed by atoms with Crippen LogP contribution in [0.1, 0.15) is 0 Å². The number of rotatable bonds is 2. The molecule has 0 unspecified atom stereocenters. The maximum absolute atomic E-state index is 5.95. The summed E-state index contributed by atoms with van der Waals surface area (Å²) < 4.78 is 6.45. The Bertz CT molecular complexity index is 585. The van der Waals surface area contributed by atoms with E-state index in [1.54, 1.807) is 7.11 Å². The van der Waals surface area contributed by atoms with Crippen molar-refractivity contribution in [3.8, 4) is 17.1 Å². The Morgan fingerprint density at radius 2 is 1.72 bits per heavy atom. The Hall–Kier alpha value is -0.360. The van der Waals surface area contributed by atoms with Gasteiger partial charge < -0.3 is 4.74 Å². The molecule has 0 bridgehead atoms. The van der Waals surface area contributed by atoms with Crippen molar-refractivity contribution in [1.82, 2.24) is 9.97 Å². The molecule has 0 amide bonds. The van der Waals surface area contributed by atoms with Gasteiger partial charge in [-0.1, -0.05) is 23.2 Å².